The number of benzene rings is 1. The molecule has 10 heteroatoms. The van der Waals surface area contributed by atoms with Gasteiger partial charge in [0.25, 0.3) is 0 Å². The summed E-state index contributed by atoms with van der Waals surface area (Å²) in [6.07, 6.45) is 0.590. The predicted molar refractivity (Wildman–Crippen MR) is 136 cm³/mol. The molecule has 0 bridgehead atoms. The van der Waals surface area contributed by atoms with Crippen LogP contribution in [0.4, 0.5) is 19.8 Å². The van der Waals surface area contributed by atoms with Gasteiger partial charge in [-0.3, -0.25) is 0 Å². The van der Waals surface area contributed by atoms with Gasteiger partial charge < -0.3 is 19.3 Å². The quantitative estimate of drug-likeness (QED) is 0.495. The van der Waals surface area contributed by atoms with Crippen molar-refractivity contribution in [2.45, 2.75) is 39.4 Å². The van der Waals surface area contributed by atoms with Crippen LogP contribution < -0.4 is 4.90 Å². The van der Waals surface area contributed by atoms with Gasteiger partial charge in [-0.15, -0.1) is 0 Å². The Morgan fingerprint density at radius 1 is 1.05 bits per heavy atom. The lowest BCUT2D eigenvalue weighted by Gasteiger charge is -2.26. The molecule has 0 saturated carbocycles. The minimum Gasteiger partial charge on any atom is -0.450 e. The summed E-state index contributed by atoms with van der Waals surface area (Å²) in [7, 11) is 0. The maximum absolute atomic E-state index is 14.3. The van der Waals surface area contributed by atoms with Crippen LogP contribution in [-0.4, -0.2) is 70.6 Å². The number of nitrogens with zero attached hydrogens (tertiary/aromatic N) is 5. The topological polar surface area (TPSA) is 89.8 Å². The van der Waals surface area contributed by atoms with Crippen molar-refractivity contribution in [3.63, 3.8) is 0 Å². The van der Waals surface area contributed by atoms with Crippen molar-refractivity contribution in [1.29, 1.82) is 0 Å². The van der Waals surface area contributed by atoms with Crippen LogP contribution in [0.3, 0.4) is 0 Å². The van der Waals surface area contributed by atoms with Gasteiger partial charge >= 0.3 is 12.2 Å². The Morgan fingerprint density at radius 2 is 1.81 bits per heavy atom. The monoisotopic (exact) mass is 507 g/mol. The summed E-state index contributed by atoms with van der Waals surface area (Å²) in [4.78, 5) is 38.9. The molecule has 0 radical (unpaired) electrons. The highest BCUT2D eigenvalue weighted by Gasteiger charge is 2.34. The average Bonchev–Trinajstić information content (AvgIpc) is 3.52. The number of ether oxygens (including phenoxy) is 2. The molecule has 4 heterocycles. The minimum absolute atomic E-state index is 0.159. The number of imidazole rings is 1. The number of fused-ring (bicyclic) bond motifs is 1. The lowest BCUT2D eigenvalue weighted by molar-refractivity contribution is 0.101. The van der Waals surface area contributed by atoms with Crippen molar-refractivity contribution in [1.82, 2.24) is 19.4 Å². The van der Waals surface area contributed by atoms with Gasteiger partial charge in [0.1, 0.15) is 12.0 Å². The van der Waals surface area contributed by atoms with E-state index in [0.717, 1.165) is 11.1 Å². The second-order valence-corrected chi connectivity index (χ2v) is 8.99. The van der Waals surface area contributed by atoms with Crippen LogP contribution in [-0.2, 0) is 22.4 Å². The van der Waals surface area contributed by atoms with Crippen LogP contribution in [0.15, 0.2) is 42.6 Å². The Kier molecular flexibility index (Phi) is 7.07. The van der Waals surface area contributed by atoms with Crippen LogP contribution in [0.5, 0.6) is 0 Å². The molecule has 1 aromatic carbocycles. The van der Waals surface area contributed by atoms with E-state index in [-0.39, 0.29) is 26.3 Å². The zero-order valence-corrected chi connectivity index (χ0v) is 21.0. The van der Waals surface area contributed by atoms with E-state index in [1.54, 1.807) is 24.9 Å². The van der Waals surface area contributed by atoms with E-state index in [9.17, 15) is 14.0 Å². The number of hydrogen-bond acceptors (Lipinski definition) is 7. The van der Waals surface area contributed by atoms with E-state index in [4.69, 9.17) is 14.5 Å². The Bertz CT molecular complexity index is 1300. The SMILES string of the molecule is CCOC(=O)N1CCc2nc(-c3c(-c4ccccc4)ccnc3N3CC[C@H](F)C3)n(C(=O)OCC)c2C1. The summed E-state index contributed by atoms with van der Waals surface area (Å²) in [6.45, 7) is 5.23. The fourth-order valence-electron chi connectivity index (χ4n) is 4.96. The zero-order valence-electron chi connectivity index (χ0n) is 21.0. The van der Waals surface area contributed by atoms with Crippen LogP contribution in [0.25, 0.3) is 22.5 Å². The van der Waals surface area contributed by atoms with E-state index in [0.29, 0.717) is 54.5 Å². The molecule has 2 aromatic heterocycles. The highest BCUT2D eigenvalue weighted by Crippen LogP contribution is 2.40. The third kappa shape index (κ3) is 4.75. The molecule has 3 aromatic rings. The molecule has 0 N–H and O–H groups in total. The van der Waals surface area contributed by atoms with Crippen LogP contribution in [0.2, 0.25) is 0 Å². The fourth-order valence-corrected chi connectivity index (χ4v) is 4.96. The largest absolute Gasteiger partial charge is 0.450 e. The van der Waals surface area contributed by atoms with Crippen LogP contribution >= 0.6 is 0 Å². The fraction of sp³-hybridized carbons (Fsp3) is 0.407. The van der Waals surface area contributed by atoms with Gasteiger partial charge in [-0.05, 0) is 37.5 Å². The van der Waals surface area contributed by atoms with Crippen LogP contribution in [0, 0.1) is 0 Å². The van der Waals surface area contributed by atoms with Gasteiger partial charge in [0.2, 0.25) is 0 Å². The highest BCUT2D eigenvalue weighted by atomic mass is 19.1. The molecule has 2 aliphatic heterocycles. The first-order valence-corrected chi connectivity index (χ1v) is 12.6. The predicted octanol–water partition coefficient (Wildman–Crippen LogP) is 4.68. The summed E-state index contributed by atoms with van der Waals surface area (Å²) >= 11 is 0. The van der Waals surface area contributed by atoms with Crippen molar-refractivity contribution < 1.29 is 23.5 Å². The maximum Gasteiger partial charge on any atom is 0.420 e. The van der Waals surface area contributed by atoms with Crippen molar-refractivity contribution in [2.75, 3.05) is 37.7 Å². The van der Waals surface area contributed by atoms with Crippen molar-refractivity contribution in [3.05, 3.63) is 54.0 Å². The summed E-state index contributed by atoms with van der Waals surface area (Å²) in [5.41, 5.74) is 3.66. The number of rotatable bonds is 5. The van der Waals surface area contributed by atoms with E-state index in [1.807, 2.05) is 41.3 Å². The number of hydrogen-bond donors (Lipinski definition) is 0. The normalized spacial score (nSPS) is 17.0. The smallest absolute Gasteiger partial charge is 0.420 e. The molecule has 1 fully saturated rings. The lowest BCUT2D eigenvalue weighted by atomic mass is 10.00. The molecule has 1 amide bonds. The van der Waals surface area contributed by atoms with Gasteiger partial charge in [0, 0.05) is 25.7 Å². The second-order valence-electron chi connectivity index (χ2n) is 8.99. The summed E-state index contributed by atoms with van der Waals surface area (Å²) < 4.78 is 26.4. The Balaban J connectivity index is 1.72. The number of carbonyl (C=O) groups excluding carboxylic acids is 2. The molecule has 194 valence electrons. The summed E-state index contributed by atoms with van der Waals surface area (Å²) in [6, 6.07) is 11.6. The van der Waals surface area contributed by atoms with Gasteiger partial charge in [0.05, 0.1) is 43.3 Å². The van der Waals surface area contributed by atoms with Gasteiger partial charge in [-0.1, -0.05) is 30.3 Å². The zero-order chi connectivity index (χ0) is 25.9. The Hall–Kier alpha value is -3.95. The first-order chi connectivity index (χ1) is 18.0. The molecular weight excluding hydrogens is 477 g/mol. The lowest BCUT2D eigenvalue weighted by Crippen LogP contribution is -2.37. The second kappa shape index (κ2) is 10.6. The third-order valence-corrected chi connectivity index (χ3v) is 6.66. The van der Waals surface area contributed by atoms with E-state index in [2.05, 4.69) is 4.98 Å². The summed E-state index contributed by atoms with van der Waals surface area (Å²) in [5, 5.41) is 0. The molecule has 37 heavy (non-hydrogen) atoms. The third-order valence-electron chi connectivity index (χ3n) is 6.66. The van der Waals surface area contributed by atoms with Crippen LogP contribution in [0.1, 0.15) is 31.7 Å². The number of alkyl halides is 1. The molecular formula is C27H30FN5O4. The van der Waals surface area contributed by atoms with Crippen molar-refractivity contribution >= 4 is 18.0 Å². The Labute approximate surface area is 214 Å². The Morgan fingerprint density at radius 3 is 2.51 bits per heavy atom. The average molecular weight is 508 g/mol. The molecule has 1 atom stereocenters. The van der Waals surface area contributed by atoms with E-state index in [1.165, 1.54) is 4.57 Å². The molecule has 2 aliphatic rings. The summed E-state index contributed by atoms with van der Waals surface area (Å²) in [5.74, 6) is 0.940. The van der Waals surface area contributed by atoms with Gasteiger partial charge in [-0.2, -0.15) is 0 Å². The molecule has 9 nitrogen and oxygen atoms in total. The maximum atomic E-state index is 14.3. The highest BCUT2D eigenvalue weighted by molar-refractivity contribution is 5.91. The number of carbonyl (C=O) groups is 2. The first-order valence-electron chi connectivity index (χ1n) is 12.6. The van der Waals surface area contributed by atoms with Gasteiger partial charge in [-0.25, -0.2) is 28.5 Å². The molecule has 0 unspecified atom stereocenters. The number of aromatic nitrogens is 3. The van der Waals surface area contributed by atoms with E-state index < -0.39 is 18.4 Å². The first kappa shape index (κ1) is 24.7. The molecule has 5 rings (SSSR count). The van der Waals surface area contributed by atoms with Crippen molar-refractivity contribution in [3.8, 4) is 22.5 Å². The standard InChI is InChI=1S/C27H30FN5O4/c1-3-36-26(34)32-15-12-21-22(17-32)33(27(35)37-4-2)25(30-21)23-20(18-8-6-5-7-9-18)10-13-29-24(23)31-14-11-19(28)16-31/h5-10,13,19H,3-4,11-12,14-17H2,1-2H3/t19-/m0/s1. The van der Waals surface area contributed by atoms with Gasteiger partial charge in [0.15, 0.2) is 5.82 Å². The van der Waals surface area contributed by atoms with Crippen molar-refractivity contribution in [2.24, 2.45) is 0 Å². The molecule has 0 aliphatic carbocycles. The number of pyridine rings is 1. The number of amides is 1. The van der Waals surface area contributed by atoms with E-state index >= 15 is 0 Å². The minimum atomic E-state index is -0.953. The number of halogens is 1. The number of anilines is 1. The molecule has 0 spiro atoms. The molecule has 1 saturated heterocycles.